The Balaban J connectivity index is 2.06. The van der Waals surface area contributed by atoms with Gasteiger partial charge in [-0.1, -0.05) is 0 Å². The summed E-state index contributed by atoms with van der Waals surface area (Å²) in [5, 5.41) is 2.98. The molecule has 6 nitrogen and oxygen atoms in total. The maximum atomic E-state index is 12.4. The number of likely N-dealkylation sites (tertiary alicyclic amines) is 1. The zero-order chi connectivity index (χ0) is 16.8. The number of amides is 2. The molecule has 0 bridgehead atoms. The van der Waals surface area contributed by atoms with Crippen LogP contribution in [-0.2, 0) is 4.79 Å². The van der Waals surface area contributed by atoms with Crippen molar-refractivity contribution in [2.24, 2.45) is 0 Å². The molecule has 23 heavy (non-hydrogen) atoms. The van der Waals surface area contributed by atoms with Gasteiger partial charge in [-0.25, -0.2) is 0 Å². The summed E-state index contributed by atoms with van der Waals surface area (Å²) < 4.78 is 11.0. The molecule has 1 atom stereocenters. The lowest BCUT2D eigenvalue weighted by atomic mass is 10.0. The highest BCUT2D eigenvalue weighted by Crippen LogP contribution is 2.28. The summed E-state index contributed by atoms with van der Waals surface area (Å²) in [6.45, 7) is 5.36. The van der Waals surface area contributed by atoms with Crippen LogP contribution in [0.1, 0.15) is 37.0 Å². The lowest BCUT2D eigenvalue weighted by Gasteiger charge is -2.30. The third-order valence-corrected chi connectivity index (χ3v) is 3.77. The van der Waals surface area contributed by atoms with E-state index in [-0.39, 0.29) is 17.9 Å². The van der Waals surface area contributed by atoms with Gasteiger partial charge in [0.2, 0.25) is 5.91 Å². The van der Waals surface area contributed by atoms with Crippen molar-refractivity contribution in [1.82, 2.24) is 10.2 Å². The summed E-state index contributed by atoms with van der Waals surface area (Å²) in [7, 11) is 1.75. The number of likely N-dealkylation sites (N-methyl/N-ethyl adjacent to an activating group) is 1. The highest BCUT2D eigenvalue weighted by atomic mass is 16.5. The summed E-state index contributed by atoms with van der Waals surface area (Å²) in [4.78, 5) is 25.6. The number of piperidine rings is 1. The molecule has 0 aromatic heterocycles. The Labute approximate surface area is 136 Å². The topological polar surface area (TPSA) is 67.9 Å². The van der Waals surface area contributed by atoms with Crippen molar-refractivity contribution in [3.63, 3.8) is 0 Å². The Kier molecular flexibility index (Phi) is 5.84. The van der Waals surface area contributed by atoms with Gasteiger partial charge in [-0.3, -0.25) is 9.59 Å². The predicted molar refractivity (Wildman–Crippen MR) is 86.9 cm³/mol. The fraction of sp³-hybridized carbons (Fsp3) is 0.529. The van der Waals surface area contributed by atoms with E-state index < -0.39 is 0 Å². The molecule has 1 fully saturated rings. The van der Waals surface area contributed by atoms with Crippen molar-refractivity contribution in [1.29, 1.82) is 0 Å². The van der Waals surface area contributed by atoms with Crippen molar-refractivity contribution in [2.75, 3.05) is 26.8 Å². The molecule has 0 saturated carbocycles. The van der Waals surface area contributed by atoms with Gasteiger partial charge in [0.05, 0.1) is 13.2 Å². The number of carbonyl (C=O) groups excluding carboxylic acids is 2. The first-order chi connectivity index (χ1) is 11.0. The van der Waals surface area contributed by atoms with Gasteiger partial charge in [-0.15, -0.1) is 0 Å². The molecule has 1 aromatic carbocycles. The van der Waals surface area contributed by atoms with Gasteiger partial charge >= 0.3 is 0 Å². The fourth-order valence-corrected chi connectivity index (χ4v) is 2.59. The highest BCUT2D eigenvalue weighted by molar-refractivity contribution is 5.95. The van der Waals surface area contributed by atoms with Crippen molar-refractivity contribution in [3.8, 4) is 11.5 Å². The highest BCUT2D eigenvalue weighted by Gasteiger charge is 2.24. The number of benzene rings is 1. The second-order valence-electron chi connectivity index (χ2n) is 5.51. The lowest BCUT2D eigenvalue weighted by Crippen LogP contribution is -2.48. The average molecular weight is 320 g/mol. The average Bonchev–Trinajstić information content (AvgIpc) is 2.53. The van der Waals surface area contributed by atoms with Gasteiger partial charge in [0.15, 0.2) is 11.5 Å². The first kappa shape index (κ1) is 17.1. The Morgan fingerprint density at radius 1 is 1.26 bits per heavy atom. The molecule has 1 aliphatic heterocycles. The molecule has 1 aliphatic rings. The van der Waals surface area contributed by atoms with E-state index in [1.54, 1.807) is 30.1 Å². The molecular formula is C17H24N2O4. The number of carbonyl (C=O) groups is 2. The number of hydrogen-bond acceptors (Lipinski definition) is 4. The van der Waals surface area contributed by atoms with Crippen molar-refractivity contribution in [3.05, 3.63) is 23.8 Å². The minimum Gasteiger partial charge on any atom is -0.490 e. The monoisotopic (exact) mass is 320 g/mol. The second-order valence-corrected chi connectivity index (χ2v) is 5.51. The molecule has 1 heterocycles. The third-order valence-electron chi connectivity index (χ3n) is 3.77. The van der Waals surface area contributed by atoms with Crippen LogP contribution < -0.4 is 14.8 Å². The van der Waals surface area contributed by atoms with Crippen LogP contribution in [0.15, 0.2) is 18.2 Å². The first-order valence-corrected chi connectivity index (χ1v) is 7.99. The van der Waals surface area contributed by atoms with Crippen LogP contribution in [-0.4, -0.2) is 49.6 Å². The van der Waals surface area contributed by atoms with E-state index in [9.17, 15) is 9.59 Å². The SMILES string of the molecule is CCOc1ccc(C(=O)N[C@H]2CCC(=O)N(C)C2)cc1OCC. The molecule has 6 heteroatoms. The summed E-state index contributed by atoms with van der Waals surface area (Å²) >= 11 is 0. The van der Waals surface area contributed by atoms with Crippen LogP contribution in [0, 0.1) is 0 Å². The Hall–Kier alpha value is -2.24. The quantitative estimate of drug-likeness (QED) is 0.868. The predicted octanol–water partition coefficient (Wildman–Crippen LogP) is 1.83. The largest absolute Gasteiger partial charge is 0.490 e. The van der Waals surface area contributed by atoms with Crippen LogP contribution in [0.3, 0.4) is 0 Å². The standard InChI is InChI=1S/C17H24N2O4/c1-4-22-14-8-6-12(10-15(14)23-5-2)17(21)18-13-7-9-16(20)19(3)11-13/h6,8,10,13H,4-5,7,9,11H2,1-3H3,(H,18,21)/t13-/m0/s1. The van der Waals surface area contributed by atoms with E-state index in [2.05, 4.69) is 5.32 Å². The molecule has 1 saturated heterocycles. The molecule has 2 amide bonds. The molecule has 1 aromatic rings. The van der Waals surface area contributed by atoms with Crippen molar-refractivity contribution >= 4 is 11.8 Å². The van der Waals surface area contributed by atoms with E-state index >= 15 is 0 Å². The maximum Gasteiger partial charge on any atom is 0.251 e. The Bertz CT molecular complexity index is 574. The maximum absolute atomic E-state index is 12.4. The van der Waals surface area contributed by atoms with Gasteiger partial charge in [0.25, 0.3) is 5.91 Å². The normalized spacial score (nSPS) is 17.8. The molecular weight excluding hydrogens is 296 g/mol. The molecule has 0 radical (unpaired) electrons. The zero-order valence-corrected chi connectivity index (χ0v) is 13.9. The molecule has 2 rings (SSSR count). The van der Waals surface area contributed by atoms with Gasteiger partial charge in [-0.05, 0) is 38.5 Å². The van der Waals surface area contributed by atoms with Crippen LogP contribution in [0.4, 0.5) is 0 Å². The summed E-state index contributed by atoms with van der Waals surface area (Å²) in [6, 6.07) is 5.15. The van der Waals surface area contributed by atoms with Crippen LogP contribution >= 0.6 is 0 Å². The van der Waals surface area contributed by atoms with E-state index in [1.807, 2.05) is 13.8 Å². The number of hydrogen-bond donors (Lipinski definition) is 1. The molecule has 0 unspecified atom stereocenters. The van der Waals surface area contributed by atoms with Crippen LogP contribution in [0.25, 0.3) is 0 Å². The summed E-state index contributed by atoms with van der Waals surface area (Å²) in [6.07, 6.45) is 1.14. The fourth-order valence-electron chi connectivity index (χ4n) is 2.59. The van der Waals surface area contributed by atoms with E-state index in [4.69, 9.17) is 9.47 Å². The molecule has 0 aliphatic carbocycles. The van der Waals surface area contributed by atoms with Gasteiger partial charge in [-0.2, -0.15) is 0 Å². The first-order valence-electron chi connectivity index (χ1n) is 7.99. The number of ether oxygens (including phenoxy) is 2. The summed E-state index contributed by atoms with van der Waals surface area (Å²) in [5.74, 6) is 1.16. The minimum atomic E-state index is -0.165. The van der Waals surface area contributed by atoms with Crippen LogP contribution in [0.2, 0.25) is 0 Å². The zero-order valence-electron chi connectivity index (χ0n) is 13.9. The number of nitrogens with zero attached hydrogens (tertiary/aromatic N) is 1. The molecule has 0 spiro atoms. The second kappa shape index (κ2) is 7.85. The van der Waals surface area contributed by atoms with Gasteiger partial charge in [0.1, 0.15) is 0 Å². The lowest BCUT2D eigenvalue weighted by molar-refractivity contribution is -0.132. The molecule has 126 valence electrons. The Morgan fingerprint density at radius 2 is 1.96 bits per heavy atom. The Morgan fingerprint density at radius 3 is 2.61 bits per heavy atom. The summed E-state index contributed by atoms with van der Waals surface area (Å²) in [5.41, 5.74) is 0.524. The number of rotatable bonds is 6. The smallest absolute Gasteiger partial charge is 0.251 e. The van der Waals surface area contributed by atoms with Crippen molar-refractivity contribution in [2.45, 2.75) is 32.7 Å². The molecule has 1 N–H and O–H groups in total. The number of nitrogens with one attached hydrogen (secondary N) is 1. The van der Waals surface area contributed by atoms with Crippen LogP contribution in [0.5, 0.6) is 11.5 Å². The van der Waals surface area contributed by atoms with E-state index in [0.29, 0.717) is 49.7 Å². The van der Waals surface area contributed by atoms with Gasteiger partial charge < -0.3 is 19.7 Å². The third kappa shape index (κ3) is 4.37. The minimum absolute atomic E-state index is 0.0210. The van der Waals surface area contributed by atoms with Crippen molar-refractivity contribution < 1.29 is 19.1 Å². The van der Waals surface area contributed by atoms with E-state index in [1.165, 1.54) is 0 Å². The van der Waals surface area contributed by atoms with E-state index in [0.717, 1.165) is 0 Å². The van der Waals surface area contributed by atoms with Gasteiger partial charge in [0, 0.05) is 31.6 Å².